The van der Waals surface area contributed by atoms with Gasteiger partial charge < -0.3 is 19.5 Å². The van der Waals surface area contributed by atoms with Gasteiger partial charge in [-0.2, -0.15) is 0 Å². The summed E-state index contributed by atoms with van der Waals surface area (Å²) in [5.74, 6) is -1.09. The summed E-state index contributed by atoms with van der Waals surface area (Å²) < 4.78 is 11.5. The number of aryl methyl sites for hydroxylation is 1. The average molecular weight is 460 g/mol. The van der Waals surface area contributed by atoms with Crippen LogP contribution in [0.3, 0.4) is 0 Å². The van der Waals surface area contributed by atoms with Crippen molar-refractivity contribution in [3.63, 3.8) is 0 Å². The highest BCUT2D eigenvalue weighted by Crippen LogP contribution is 2.42. The van der Waals surface area contributed by atoms with Crippen molar-refractivity contribution >= 4 is 33.4 Å². The van der Waals surface area contributed by atoms with Crippen molar-refractivity contribution in [2.45, 2.75) is 13.0 Å². The van der Waals surface area contributed by atoms with Crippen LogP contribution in [0.25, 0.3) is 5.76 Å². The standard InChI is InChI=1S/C22H22BrNO5/c1-13-12-14(8-9-16(13)23)20(25)18-19(15-6-4-5-7-17(15)29-3)24(10-11-28-2)22(27)21(18)26/h4-9,12,19,25H,10-11H2,1-3H3/b20-18+. The largest absolute Gasteiger partial charge is 0.507 e. The highest BCUT2D eigenvalue weighted by Gasteiger charge is 2.46. The van der Waals surface area contributed by atoms with Crippen LogP contribution in [0, 0.1) is 6.92 Å². The Kier molecular flexibility index (Phi) is 6.39. The number of aliphatic hydroxyl groups is 1. The SMILES string of the molecule is COCCN1C(=O)C(=O)/C(=C(/O)c2ccc(Br)c(C)c2)C1c1ccccc1OC. The van der Waals surface area contributed by atoms with E-state index in [9.17, 15) is 14.7 Å². The summed E-state index contributed by atoms with van der Waals surface area (Å²) in [7, 11) is 3.05. The second-order valence-corrected chi connectivity index (χ2v) is 7.55. The van der Waals surface area contributed by atoms with Crippen LogP contribution in [-0.4, -0.2) is 49.1 Å². The first-order valence-corrected chi connectivity index (χ1v) is 9.86. The van der Waals surface area contributed by atoms with Crippen LogP contribution in [0.5, 0.6) is 5.75 Å². The predicted octanol–water partition coefficient (Wildman–Crippen LogP) is 3.83. The lowest BCUT2D eigenvalue weighted by Crippen LogP contribution is -2.32. The van der Waals surface area contributed by atoms with Gasteiger partial charge in [-0.15, -0.1) is 0 Å². The number of amides is 1. The molecule has 152 valence electrons. The number of methoxy groups -OCH3 is 2. The lowest BCUT2D eigenvalue weighted by Gasteiger charge is -2.26. The minimum Gasteiger partial charge on any atom is -0.507 e. The van der Waals surface area contributed by atoms with E-state index in [2.05, 4.69) is 15.9 Å². The number of para-hydroxylation sites is 1. The maximum atomic E-state index is 12.9. The molecule has 0 bridgehead atoms. The molecule has 29 heavy (non-hydrogen) atoms. The zero-order chi connectivity index (χ0) is 21.1. The molecule has 1 atom stereocenters. The van der Waals surface area contributed by atoms with E-state index in [0.717, 1.165) is 10.0 Å². The third-order valence-corrected chi connectivity index (χ3v) is 5.83. The van der Waals surface area contributed by atoms with Gasteiger partial charge in [0.25, 0.3) is 11.7 Å². The molecular weight excluding hydrogens is 438 g/mol. The third-order valence-electron chi connectivity index (χ3n) is 4.94. The van der Waals surface area contributed by atoms with Gasteiger partial charge in [0, 0.05) is 29.3 Å². The molecule has 1 aliphatic heterocycles. The van der Waals surface area contributed by atoms with Crippen LogP contribution < -0.4 is 4.74 Å². The number of aliphatic hydroxyl groups excluding tert-OH is 1. The zero-order valence-corrected chi connectivity index (χ0v) is 18.0. The van der Waals surface area contributed by atoms with Crippen LogP contribution in [0.1, 0.15) is 22.7 Å². The van der Waals surface area contributed by atoms with E-state index in [1.54, 1.807) is 36.4 Å². The van der Waals surface area contributed by atoms with Gasteiger partial charge in [0.1, 0.15) is 11.5 Å². The highest BCUT2D eigenvalue weighted by molar-refractivity contribution is 9.10. The lowest BCUT2D eigenvalue weighted by molar-refractivity contribution is -0.140. The third kappa shape index (κ3) is 3.93. The monoisotopic (exact) mass is 459 g/mol. The van der Waals surface area contributed by atoms with Gasteiger partial charge in [-0.1, -0.05) is 40.2 Å². The quantitative estimate of drug-likeness (QED) is 0.403. The van der Waals surface area contributed by atoms with Crippen molar-refractivity contribution in [2.75, 3.05) is 27.4 Å². The summed E-state index contributed by atoms with van der Waals surface area (Å²) in [6.45, 7) is 2.35. The number of hydrogen-bond donors (Lipinski definition) is 1. The van der Waals surface area contributed by atoms with Crippen LogP contribution in [0.15, 0.2) is 52.5 Å². The van der Waals surface area contributed by atoms with Crippen molar-refractivity contribution in [2.24, 2.45) is 0 Å². The molecule has 0 saturated carbocycles. The van der Waals surface area contributed by atoms with E-state index in [-0.39, 0.29) is 24.5 Å². The van der Waals surface area contributed by atoms with Gasteiger partial charge in [-0.25, -0.2) is 0 Å². The second-order valence-electron chi connectivity index (χ2n) is 6.69. The number of carbonyl (C=O) groups excluding carboxylic acids is 2. The number of hydrogen-bond acceptors (Lipinski definition) is 5. The van der Waals surface area contributed by atoms with Crippen molar-refractivity contribution in [3.05, 3.63) is 69.2 Å². The molecule has 1 aliphatic rings. The van der Waals surface area contributed by atoms with Crippen molar-refractivity contribution in [1.29, 1.82) is 0 Å². The number of ketones is 1. The predicted molar refractivity (Wildman–Crippen MR) is 113 cm³/mol. The minimum atomic E-state index is -0.773. The van der Waals surface area contributed by atoms with E-state index in [1.165, 1.54) is 19.1 Å². The molecule has 3 rings (SSSR count). The van der Waals surface area contributed by atoms with Crippen molar-refractivity contribution in [1.82, 2.24) is 4.90 Å². The minimum absolute atomic E-state index is 0.0392. The van der Waals surface area contributed by atoms with Gasteiger partial charge in [-0.3, -0.25) is 9.59 Å². The number of likely N-dealkylation sites (tertiary alicyclic amines) is 1. The summed E-state index contributed by atoms with van der Waals surface area (Å²) in [6, 6.07) is 11.6. The van der Waals surface area contributed by atoms with E-state index < -0.39 is 17.7 Å². The van der Waals surface area contributed by atoms with Crippen molar-refractivity contribution in [3.8, 4) is 5.75 Å². The molecule has 1 heterocycles. The number of nitrogens with zero attached hydrogens (tertiary/aromatic N) is 1. The Hall–Kier alpha value is -2.64. The number of rotatable bonds is 6. The number of halogens is 1. The Morgan fingerprint density at radius 1 is 1.17 bits per heavy atom. The first-order valence-electron chi connectivity index (χ1n) is 9.07. The van der Waals surface area contributed by atoms with Crippen LogP contribution in [0.4, 0.5) is 0 Å². The average Bonchev–Trinajstić information content (AvgIpc) is 2.98. The first-order chi connectivity index (χ1) is 13.9. The maximum Gasteiger partial charge on any atom is 0.295 e. The molecule has 1 unspecified atom stereocenters. The normalized spacial score (nSPS) is 18.3. The number of Topliss-reactive ketones (excluding diaryl/α,β-unsaturated/α-hetero) is 1. The summed E-state index contributed by atoms with van der Waals surface area (Å²) in [5, 5.41) is 11.1. The van der Waals surface area contributed by atoms with E-state index in [4.69, 9.17) is 9.47 Å². The molecule has 1 fully saturated rings. The highest BCUT2D eigenvalue weighted by atomic mass is 79.9. The van der Waals surface area contributed by atoms with E-state index in [0.29, 0.717) is 16.9 Å². The number of ether oxygens (including phenoxy) is 2. The molecule has 1 amide bonds. The molecule has 2 aromatic carbocycles. The van der Waals surface area contributed by atoms with Crippen LogP contribution in [-0.2, 0) is 14.3 Å². The Bertz CT molecular complexity index is 985. The van der Waals surface area contributed by atoms with Gasteiger partial charge >= 0.3 is 0 Å². The molecule has 1 N–H and O–H groups in total. The number of benzene rings is 2. The van der Waals surface area contributed by atoms with Crippen LogP contribution in [0.2, 0.25) is 0 Å². The van der Waals surface area contributed by atoms with Gasteiger partial charge in [0.2, 0.25) is 0 Å². The number of carbonyl (C=O) groups is 2. The molecule has 0 aromatic heterocycles. The fourth-order valence-corrected chi connectivity index (χ4v) is 3.71. The Balaban J connectivity index is 2.22. The molecule has 0 spiro atoms. The molecular formula is C22H22BrNO5. The Morgan fingerprint density at radius 2 is 1.90 bits per heavy atom. The Labute approximate surface area is 177 Å². The van der Waals surface area contributed by atoms with Crippen molar-refractivity contribution < 1.29 is 24.2 Å². The fourth-order valence-electron chi connectivity index (χ4n) is 3.46. The molecule has 6 nitrogen and oxygen atoms in total. The van der Waals surface area contributed by atoms with Gasteiger partial charge in [0.15, 0.2) is 0 Å². The molecule has 0 radical (unpaired) electrons. The zero-order valence-electron chi connectivity index (χ0n) is 16.4. The molecule has 1 saturated heterocycles. The van der Waals surface area contributed by atoms with Gasteiger partial charge in [-0.05, 0) is 30.7 Å². The Morgan fingerprint density at radius 3 is 2.55 bits per heavy atom. The maximum absolute atomic E-state index is 12.9. The summed E-state index contributed by atoms with van der Waals surface area (Å²) >= 11 is 3.43. The first kappa shape index (κ1) is 21.1. The molecule has 7 heteroatoms. The molecule has 2 aromatic rings. The van der Waals surface area contributed by atoms with Gasteiger partial charge in [0.05, 0.1) is 25.3 Å². The summed E-state index contributed by atoms with van der Waals surface area (Å²) in [4.78, 5) is 27.1. The molecule has 0 aliphatic carbocycles. The van der Waals surface area contributed by atoms with Crippen LogP contribution >= 0.6 is 15.9 Å². The van der Waals surface area contributed by atoms with E-state index in [1.807, 2.05) is 13.0 Å². The summed E-state index contributed by atoms with van der Waals surface area (Å²) in [5.41, 5.74) is 2.03. The van der Waals surface area contributed by atoms with E-state index >= 15 is 0 Å². The topological polar surface area (TPSA) is 76.1 Å². The smallest absolute Gasteiger partial charge is 0.295 e. The summed E-state index contributed by atoms with van der Waals surface area (Å²) in [6.07, 6.45) is 0. The fraction of sp³-hybridized carbons (Fsp3) is 0.273. The second kappa shape index (κ2) is 8.80. The lowest BCUT2D eigenvalue weighted by atomic mass is 9.94.